The van der Waals surface area contributed by atoms with Gasteiger partial charge in [-0.25, -0.2) is 4.39 Å². The molecule has 0 aliphatic carbocycles. The normalized spacial score (nSPS) is 19.9. The van der Waals surface area contributed by atoms with Gasteiger partial charge < -0.3 is 15.2 Å². The van der Waals surface area contributed by atoms with Crippen molar-refractivity contribution in [3.05, 3.63) is 29.6 Å². The summed E-state index contributed by atoms with van der Waals surface area (Å²) >= 11 is 0. The Labute approximate surface area is 98.4 Å². The number of hydrogen-bond donors (Lipinski definition) is 2. The van der Waals surface area contributed by atoms with Crippen LogP contribution in [0.3, 0.4) is 0 Å². The summed E-state index contributed by atoms with van der Waals surface area (Å²) in [4.78, 5) is 11.8. The van der Waals surface area contributed by atoms with Crippen LogP contribution in [-0.4, -0.2) is 30.3 Å². The molecule has 5 heteroatoms. The number of amides is 1. The minimum absolute atomic E-state index is 0.116. The van der Waals surface area contributed by atoms with Crippen molar-refractivity contribution in [1.29, 1.82) is 0 Å². The highest BCUT2D eigenvalue weighted by molar-refractivity contribution is 5.97. The van der Waals surface area contributed by atoms with Gasteiger partial charge in [0.05, 0.1) is 12.6 Å². The van der Waals surface area contributed by atoms with E-state index in [-0.39, 0.29) is 17.4 Å². The van der Waals surface area contributed by atoms with Crippen LogP contribution in [0.4, 0.5) is 4.39 Å². The number of aromatic hydroxyl groups is 1. The molecule has 2 N–H and O–H groups in total. The smallest absolute Gasteiger partial charge is 0.258 e. The first-order valence-electron chi connectivity index (χ1n) is 5.54. The van der Waals surface area contributed by atoms with Crippen molar-refractivity contribution in [2.45, 2.75) is 18.9 Å². The largest absolute Gasteiger partial charge is 0.507 e. The molecule has 0 bridgehead atoms. The molecule has 0 saturated carbocycles. The third-order valence-corrected chi connectivity index (χ3v) is 2.71. The molecule has 1 aromatic rings. The number of halogens is 1. The molecule has 0 aromatic heterocycles. The fourth-order valence-corrected chi connectivity index (χ4v) is 1.85. The van der Waals surface area contributed by atoms with Gasteiger partial charge in [0.25, 0.3) is 5.91 Å². The van der Waals surface area contributed by atoms with Crippen LogP contribution in [0.25, 0.3) is 0 Å². The lowest BCUT2D eigenvalue weighted by atomic mass is 10.1. The number of hydrogen-bond acceptors (Lipinski definition) is 3. The van der Waals surface area contributed by atoms with Crippen LogP contribution in [0.15, 0.2) is 18.2 Å². The van der Waals surface area contributed by atoms with Crippen LogP contribution < -0.4 is 5.32 Å². The Balaban J connectivity index is 2.08. The zero-order valence-electron chi connectivity index (χ0n) is 9.28. The molecule has 17 heavy (non-hydrogen) atoms. The number of rotatable bonds is 2. The summed E-state index contributed by atoms with van der Waals surface area (Å²) in [6.07, 6.45) is 1.68. The van der Waals surface area contributed by atoms with Crippen LogP contribution in [-0.2, 0) is 4.74 Å². The van der Waals surface area contributed by atoms with Crippen LogP contribution in [0, 0.1) is 5.82 Å². The Morgan fingerprint density at radius 3 is 3.00 bits per heavy atom. The molecule has 4 nitrogen and oxygen atoms in total. The van der Waals surface area contributed by atoms with Crippen LogP contribution in [0.1, 0.15) is 23.2 Å². The first kappa shape index (κ1) is 11.9. The van der Waals surface area contributed by atoms with Gasteiger partial charge in [-0.05, 0) is 25.0 Å². The van der Waals surface area contributed by atoms with E-state index in [0.717, 1.165) is 18.9 Å². The molecule has 1 aromatic carbocycles. The molecule has 1 unspecified atom stereocenters. The van der Waals surface area contributed by atoms with Crippen LogP contribution >= 0.6 is 0 Å². The molecule has 92 valence electrons. The number of phenols is 1. The minimum atomic E-state index is -0.723. The zero-order valence-corrected chi connectivity index (χ0v) is 9.28. The Morgan fingerprint density at radius 1 is 1.53 bits per heavy atom. The van der Waals surface area contributed by atoms with Crippen molar-refractivity contribution in [2.75, 3.05) is 13.2 Å². The van der Waals surface area contributed by atoms with Gasteiger partial charge in [-0.3, -0.25) is 4.79 Å². The first-order chi connectivity index (χ1) is 8.18. The SMILES string of the molecule is O=C(NC1CCCOC1)c1c(O)cccc1F. The topological polar surface area (TPSA) is 58.6 Å². The predicted octanol–water partition coefficient (Wildman–Crippen LogP) is 1.44. The van der Waals surface area contributed by atoms with Crippen LogP contribution in [0.2, 0.25) is 0 Å². The summed E-state index contributed by atoms with van der Waals surface area (Å²) < 4.78 is 18.6. The van der Waals surface area contributed by atoms with E-state index in [1.807, 2.05) is 0 Å². The van der Waals surface area contributed by atoms with Gasteiger partial charge in [-0.2, -0.15) is 0 Å². The van der Waals surface area contributed by atoms with Crippen molar-refractivity contribution in [1.82, 2.24) is 5.32 Å². The van der Waals surface area contributed by atoms with Crippen LogP contribution in [0.5, 0.6) is 5.75 Å². The highest BCUT2D eigenvalue weighted by Gasteiger charge is 2.21. The Morgan fingerprint density at radius 2 is 2.35 bits per heavy atom. The van der Waals surface area contributed by atoms with E-state index in [2.05, 4.69) is 5.32 Å². The second-order valence-electron chi connectivity index (χ2n) is 4.02. The van der Waals surface area contributed by atoms with Crippen molar-refractivity contribution in [2.24, 2.45) is 0 Å². The summed E-state index contributed by atoms with van der Waals surface area (Å²) in [7, 11) is 0. The summed E-state index contributed by atoms with van der Waals surface area (Å²) in [5.74, 6) is -1.67. The monoisotopic (exact) mass is 239 g/mol. The summed E-state index contributed by atoms with van der Waals surface area (Å²) in [5.41, 5.74) is -0.307. The molecule has 1 heterocycles. The van der Waals surface area contributed by atoms with Gasteiger partial charge in [0.15, 0.2) is 0 Å². The summed E-state index contributed by atoms with van der Waals surface area (Å²) in [6.45, 7) is 1.12. The Bertz CT molecular complexity index is 396. The molecular formula is C12H14FNO3. The second-order valence-corrected chi connectivity index (χ2v) is 4.02. The predicted molar refractivity (Wildman–Crippen MR) is 59.4 cm³/mol. The van der Waals surface area contributed by atoms with Gasteiger partial charge in [0.1, 0.15) is 17.1 Å². The van der Waals surface area contributed by atoms with Gasteiger partial charge in [0, 0.05) is 6.61 Å². The fraction of sp³-hybridized carbons (Fsp3) is 0.417. The van der Waals surface area contributed by atoms with Crippen molar-refractivity contribution in [3.8, 4) is 5.75 Å². The van der Waals surface area contributed by atoms with Gasteiger partial charge >= 0.3 is 0 Å². The first-order valence-corrected chi connectivity index (χ1v) is 5.54. The number of carbonyl (C=O) groups is 1. The number of nitrogens with one attached hydrogen (secondary N) is 1. The lowest BCUT2D eigenvalue weighted by Gasteiger charge is -2.23. The second kappa shape index (κ2) is 5.14. The maximum absolute atomic E-state index is 13.4. The minimum Gasteiger partial charge on any atom is -0.507 e. The number of benzene rings is 1. The molecule has 1 amide bonds. The van der Waals surface area contributed by atoms with Crippen molar-refractivity contribution >= 4 is 5.91 Å². The molecule has 1 atom stereocenters. The molecular weight excluding hydrogens is 225 g/mol. The van der Waals surface area contributed by atoms with Gasteiger partial charge in [0.2, 0.25) is 0 Å². The third kappa shape index (κ3) is 2.74. The third-order valence-electron chi connectivity index (χ3n) is 2.71. The number of ether oxygens (including phenoxy) is 1. The highest BCUT2D eigenvalue weighted by atomic mass is 19.1. The lowest BCUT2D eigenvalue weighted by molar-refractivity contribution is 0.0621. The quantitative estimate of drug-likeness (QED) is 0.821. The Kier molecular flexibility index (Phi) is 3.58. The van der Waals surface area contributed by atoms with E-state index < -0.39 is 11.7 Å². The molecule has 0 spiro atoms. The van der Waals surface area contributed by atoms with Gasteiger partial charge in [-0.15, -0.1) is 0 Å². The average Bonchev–Trinajstić information content (AvgIpc) is 2.30. The number of phenolic OH excluding ortho intramolecular Hbond substituents is 1. The highest BCUT2D eigenvalue weighted by Crippen LogP contribution is 2.20. The molecule has 1 aliphatic heterocycles. The molecule has 0 radical (unpaired) electrons. The van der Waals surface area contributed by atoms with E-state index >= 15 is 0 Å². The van der Waals surface area contributed by atoms with Crippen molar-refractivity contribution < 1.29 is 19.0 Å². The average molecular weight is 239 g/mol. The lowest BCUT2D eigenvalue weighted by Crippen LogP contribution is -2.40. The van der Waals surface area contributed by atoms with E-state index in [1.54, 1.807) is 0 Å². The van der Waals surface area contributed by atoms with Gasteiger partial charge in [-0.1, -0.05) is 6.07 Å². The molecule has 2 rings (SSSR count). The molecule has 1 saturated heterocycles. The summed E-state index contributed by atoms with van der Waals surface area (Å²) in [6, 6.07) is 3.67. The standard InChI is InChI=1S/C12H14FNO3/c13-9-4-1-5-10(15)11(9)12(16)14-8-3-2-6-17-7-8/h1,4-5,8,15H,2-3,6-7H2,(H,14,16). The molecule has 1 fully saturated rings. The Hall–Kier alpha value is -1.62. The number of carbonyl (C=O) groups excluding carboxylic acids is 1. The molecule has 1 aliphatic rings. The van der Waals surface area contributed by atoms with E-state index in [4.69, 9.17) is 4.74 Å². The maximum Gasteiger partial charge on any atom is 0.258 e. The summed E-state index contributed by atoms with van der Waals surface area (Å²) in [5, 5.41) is 12.1. The maximum atomic E-state index is 13.4. The van der Waals surface area contributed by atoms with E-state index in [9.17, 15) is 14.3 Å². The zero-order chi connectivity index (χ0) is 12.3. The fourth-order valence-electron chi connectivity index (χ4n) is 1.85. The van der Waals surface area contributed by atoms with E-state index in [0.29, 0.717) is 13.2 Å². The van der Waals surface area contributed by atoms with Crippen molar-refractivity contribution in [3.63, 3.8) is 0 Å². The van der Waals surface area contributed by atoms with E-state index in [1.165, 1.54) is 12.1 Å².